The smallest absolute Gasteiger partial charge is 0.326 e. The maximum Gasteiger partial charge on any atom is 0.326 e. The average molecular weight is 543 g/mol. The van der Waals surface area contributed by atoms with Crippen LogP contribution in [0.2, 0.25) is 0 Å². The van der Waals surface area contributed by atoms with Crippen LogP contribution in [0.3, 0.4) is 0 Å². The van der Waals surface area contributed by atoms with E-state index in [-0.39, 0.29) is 31.1 Å². The molecule has 2 aliphatic heterocycles. The van der Waals surface area contributed by atoms with Crippen LogP contribution in [0.1, 0.15) is 52.4 Å². The zero-order chi connectivity index (χ0) is 26.5. The first-order valence-corrected chi connectivity index (χ1v) is 14.9. The van der Waals surface area contributed by atoms with Gasteiger partial charge in [-0.2, -0.15) is 0 Å². The lowest BCUT2D eigenvalue weighted by Crippen LogP contribution is -2.53. The number of fused-ring (bicyclic) bond motifs is 7. The number of ether oxygens (including phenoxy) is 1. The van der Waals surface area contributed by atoms with E-state index in [4.69, 9.17) is 10.5 Å². The lowest BCUT2D eigenvalue weighted by Gasteiger charge is -2.26. The molecule has 202 valence electrons. The van der Waals surface area contributed by atoms with E-state index >= 15 is 0 Å². The Labute approximate surface area is 220 Å². The third-order valence-electron chi connectivity index (χ3n) is 5.98. The molecule has 0 radical (unpaired) electrons. The van der Waals surface area contributed by atoms with Crippen LogP contribution in [0, 0.1) is 11.8 Å². The van der Waals surface area contributed by atoms with Crippen molar-refractivity contribution in [1.82, 2.24) is 16.0 Å². The average Bonchev–Trinajstić information content (AvgIpc) is 2.82. The molecule has 0 aromatic heterocycles. The SMILES string of the molecule is CC(C)[C@H]1CC(=O)[C@H]2CSSCC/C=C/[C@H](CC(=O)N[C@H](CCCCN)C(=O)N2)OC(=O)CNC1=O. The van der Waals surface area contributed by atoms with E-state index in [0.29, 0.717) is 38.0 Å². The number of Topliss-reactive ketones (excluding diaryl/α,β-unsaturated/α-hetero) is 1. The number of hydrogen-bond donors (Lipinski definition) is 4. The first-order chi connectivity index (χ1) is 17.2. The molecule has 12 heteroatoms. The van der Waals surface area contributed by atoms with Crippen molar-refractivity contribution in [1.29, 1.82) is 0 Å². The van der Waals surface area contributed by atoms with Crippen molar-refractivity contribution in [2.45, 2.75) is 70.6 Å². The van der Waals surface area contributed by atoms with Crippen LogP contribution in [-0.2, 0) is 28.7 Å². The van der Waals surface area contributed by atoms with Gasteiger partial charge in [-0.3, -0.25) is 24.0 Å². The van der Waals surface area contributed by atoms with Crippen molar-refractivity contribution in [2.75, 3.05) is 24.6 Å². The molecule has 0 aliphatic carbocycles. The second kappa shape index (κ2) is 15.9. The van der Waals surface area contributed by atoms with Gasteiger partial charge in [-0.1, -0.05) is 41.5 Å². The lowest BCUT2D eigenvalue weighted by molar-refractivity contribution is -0.149. The summed E-state index contributed by atoms with van der Waals surface area (Å²) in [6, 6.07) is -1.68. The van der Waals surface area contributed by atoms with Gasteiger partial charge in [0, 0.05) is 23.8 Å². The number of nitrogens with one attached hydrogen (secondary N) is 3. The van der Waals surface area contributed by atoms with Gasteiger partial charge in [0.25, 0.3) is 0 Å². The van der Waals surface area contributed by atoms with Crippen molar-refractivity contribution in [3.8, 4) is 0 Å². The van der Waals surface area contributed by atoms with E-state index in [1.54, 1.807) is 16.9 Å². The predicted octanol–water partition coefficient (Wildman–Crippen LogP) is 1.09. The number of ketones is 1. The summed E-state index contributed by atoms with van der Waals surface area (Å²) < 4.78 is 5.46. The molecule has 1 fully saturated rings. The molecular formula is C24H38N4O6S2. The van der Waals surface area contributed by atoms with Gasteiger partial charge in [0.2, 0.25) is 17.7 Å². The van der Waals surface area contributed by atoms with Gasteiger partial charge in [-0.05, 0) is 44.2 Å². The molecule has 0 aromatic rings. The van der Waals surface area contributed by atoms with E-state index in [9.17, 15) is 24.0 Å². The Hall–Kier alpha value is -2.05. The van der Waals surface area contributed by atoms with E-state index in [0.717, 1.165) is 5.75 Å². The molecule has 0 aromatic carbocycles. The van der Waals surface area contributed by atoms with Crippen molar-refractivity contribution < 1.29 is 28.7 Å². The Balaban J connectivity index is 2.42. The minimum atomic E-state index is -0.862. The van der Waals surface area contributed by atoms with Crippen LogP contribution < -0.4 is 21.7 Å². The maximum atomic E-state index is 13.3. The second-order valence-electron chi connectivity index (χ2n) is 9.26. The van der Waals surface area contributed by atoms with Gasteiger partial charge in [0.1, 0.15) is 18.7 Å². The number of esters is 1. The summed E-state index contributed by atoms with van der Waals surface area (Å²) in [6.45, 7) is 3.76. The molecule has 2 heterocycles. The summed E-state index contributed by atoms with van der Waals surface area (Å²) in [4.78, 5) is 64.7. The van der Waals surface area contributed by atoms with Crippen molar-refractivity contribution in [2.24, 2.45) is 17.6 Å². The Morgan fingerprint density at radius 2 is 1.83 bits per heavy atom. The minimum absolute atomic E-state index is 0.0803. The standard InChI is InChI=1S/C24H38N4O6S2/c1-15(2)17-12-20(29)19-14-36-35-10-6-4-7-16(34-22(31)13-26-23(17)32)11-21(30)27-18(24(33)28-19)8-3-5-9-25/h4,7,15-19H,3,5-6,8-14,25H2,1-2H3,(H,26,32)(H,27,30)(H,28,33)/b7-4+/t16-,17-,18-,19-/m1/s1. The molecule has 3 amide bonds. The van der Waals surface area contributed by atoms with Gasteiger partial charge < -0.3 is 26.4 Å². The van der Waals surface area contributed by atoms with Gasteiger partial charge in [-0.25, -0.2) is 0 Å². The van der Waals surface area contributed by atoms with Gasteiger partial charge in [-0.15, -0.1) is 0 Å². The van der Waals surface area contributed by atoms with Crippen molar-refractivity contribution in [3.63, 3.8) is 0 Å². The molecule has 36 heavy (non-hydrogen) atoms. The number of rotatable bonds is 5. The number of allylic oxidation sites excluding steroid dienone is 1. The molecular weight excluding hydrogens is 504 g/mol. The normalized spacial score (nSPS) is 28.5. The fraction of sp³-hybridized carbons (Fsp3) is 0.708. The van der Waals surface area contributed by atoms with E-state index in [1.165, 1.54) is 10.8 Å². The summed E-state index contributed by atoms with van der Waals surface area (Å²) in [5, 5.41) is 8.14. The Morgan fingerprint density at radius 3 is 2.56 bits per heavy atom. The summed E-state index contributed by atoms with van der Waals surface area (Å²) in [5.41, 5.74) is 5.59. The van der Waals surface area contributed by atoms with Crippen LogP contribution in [0.15, 0.2) is 12.2 Å². The topological polar surface area (TPSA) is 157 Å². The van der Waals surface area contributed by atoms with Gasteiger partial charge >= 0.3 is 5.97 Å². The summed E-state index contributed by atoms with van der Waals surface area (Å²) in [6.07, 6.45) is 4.74. The molecule has 0 spiro atoms. The molecule has 0 unspecified atom stereocenters. The number of carbonyl (C=O) groups is 5. The predicted molar refractivity (Wildman–Crippen MR) is 141 cm³/mol. The van der Waals surface area contributed by atoms with Crippen molar-refractivity contribution >= 4 is 51.1 Å². The van der Waals surface area contributed by atoms with Crippen LogP contribution in [0.25, 0.3) is 0 Å². The number of unbranched alkanes of at least 4 members (excludes halogenated alkanes) is 1. The molecule has 2 aliphatic rings. The zero-order valence-corrected chi connectivity index (χ0v) is 22.6. The third kappa shape index (κ3) is 10.5. The number of nitrogens with two attached hydrogens (primary N) is 1. The summed E-state index contributed by atoms with van der Waals surface area (Å²) in [7, 11) is 3.04. The fourth-order valence-corrected chi connectivity index (χ4v) is 6.06. The van der Waals surface area contributed by atoms with Crippen LogP contribution in [0.4, 0.5) is 0 Å². The van der Waals surface area contributed by atoms with Gasteiger partial charge in [0.05, 0.1) is 12.5 Å². The Morgan fingerprint density at radius 1 is 1.06 bits per heavy atom. The highest BCUT2D eigenvalue weighted by atomic mass is 33.1. The molecule has 1 saturated heterocycles. The van der Waals surface area contributed by atoms with Gasteiger partial charge in [0.15, 0.2) is 5.78 Å². The molecule has 2 rings (SSSR count). The molecule has 10 nitrogen and oxygen atoms in total. The van der Waals surface area contributed by atoms with E-state index in [2.05, 4.69) is 16.0 Å². The third-order valence-corrected chi connectivity index (χ3v) is 8.43. The quantitative estimate of drug-likeness (QED) is 0.173. The van der Waals surface area contributed by atoms with E-state index < -0.39 is 47.8 Å². The highest BCUT2D eigenvalue weighted by molar-refractivity contribution is 8.76. The fourth-order valence-electron chi connectivity index (χ4n) is 3.86. The minimum Gasteiger partial charge on any atom is -0.456 e. The van der Waals surface area contributed by atoms with E-state index in [1.807, 2.05) is 19.9 Å². The second-order valence-corrected chi connectivity index (χ2v) is 11.9. The first kappa shape index (κ1) is 30.2. The number of hydrogen-bond acceptors (Lipinski definition) is 9. The van der Waals surface area contributed by atoms with Crippen LogP contribution >= 0.6 is 21.6 Å². The Bertz CT molecular complexity index is 822. The van der Waals surface area contributed by atoms with Crippen molar-refractivity contribution in [3.05, 3.63) is 12.2 Å². The molecule has 5 N–H and O–H groups in total. The highest BCUT2D eigenvalue weighted by Crippen LogP contribution is 2.25. The molecule has 0 saturated carbocycles. The largest absolute Gasteiger partial charge is 0.456 e. The van der Waals surface area contributed by atoms with Crippen LogP contribution in [0.5, 0.6) is 0 Å². The Kier molecular flexibility index (Phi) is 13.4. The summed E-state index contributed by atoms with van der Waals surface area (Å²) in [5.74, 6) is -2.05. The number of amides is 3. The monoisotopic (exact) mass is 542 g/mol. The lowest BCUT2D eigenvalue weighted by atomic mass is 9.88. The maximum absolute atomic E-state index is 13.3. The molecule has 2 bridgehead atoms. The first-order valence-electron chi connectivity index (χ1n) is 12.4. The zero-order valence-electron chi connectivity index (χ0n) is 21.0. The summed E-state index contributed by atoms with van der Waals surface area (Å²) >= 11 is 0. The molecule has 4 atom stereocenters. The highest BCUT2D eigenvalue weighted by Gasteiger charge is 2.32. The number of carbonyl (C=O) groups excluding carboxylic acids is 5. The van der Waals surface area contributed by atoms with Crippen LogP contribution in [-0.4, -0.2) is 72.3 Å².